The third kappa shape index (κ3) is 3.95. The SMILES string of the molecule is CC(Nc1c(-c2nc3ccc(C4CCOCC4)cc3[nH]2)c(=O)[nH]c2cn(C)nc12)c1ncccn1. The van der Waals surface area contributed by atoms with E-state index in [9.17, 15) is 4.79 Å². The van der Waals surface area contributed by atoms with Crippen molar-refractivity contribution in [1.29, 1.82) is 0 Å². The summed E-state index contributed by atoms with van der Waals surface area (Å²) in [7, 11) is 1.82. The van der Waals surface area contributed by atoms with Gasteiger partial charge in [0.2, 0.25) is 0 Å². The lowest BCUT2D eigenvalue weighted by molar-refractivity contribution is 0.0853. The van der Waals surface area contributed by atoms with Crippen LogP contribution in [0.5, 0.6) is 0 Å². The third-order valence-corrected chi connectivity index (χ3v) is 6.56. The Bertz CT molecular complexity index is 1560. The third-order valence-electron chi connectivity index (χ3n) is 6.56. The minimum absolute atomic E-state index is 0.252. The van der Waals surface area contributed by atoms with E-state index in [2.05, 4.69) is 42.5 Å². The van der Waals surface area contributed by atoms with Crippen LogP contribution in [-0.2, 0) is 11.8 Å². The Morgan fingerprint density at radius 1 is 1.14 bits per heavy atom. The second-order valence-corrected chi connectivity index (χ2v) is 8.99. The Morgan fingerprint density at radius 3 is 2.74 bits per heavy atom. The summed E-state index contributed by atoms with van der Waals surface area (Å²) in [6, 6.07) is 7.80. The smallest absolute Gasteiger partial charge is 0.261 e. The molecule has 1 aliphatic rings. The number of nitrogens with one attached hydrogen (secondary N) is 3. The van der Waals surface area contributed by atoms with Crippen LogP contribution in [0.25, 0.3) is 33.5 Å². The molecule has 10 heteroatoms. The van der Waals surface area contributed by atoms with Gasteiger partial charge in [-0.05, 0) is 49.4 Å². The van der Waals surface area contributed by atoms with E-state index in [1.807, 2.05) is 20.0 Å². The van der Waals surface area contributed by atoms with E-state index in [1.54, 1.807) is 29.3 Å². The first-order valence-corrected chi connectivity index (χ1v) is 11.8. The van der Waals surface area contributed by atoms with Crippen molar-refractivity contribution < 1.29 is 4.74 Å². The molecule has 1 atom stereocenters. The summed E-state index contributed by atoms with van der Waals surface area (Å²) in [5, 5.41) is 8.04. The molecule has 0 spiro atoms. The molecule has 10 nitrogen and oxygen atoms in total. The molecular weight excluding hydrogens is 444 g/mol. The first kappa shape index (κ1) is 21.5. The molecule has 5 heterocycles. The van der Waals surface area contributed by atoms with E-state index in [-0.39, 0.29) is 11.6 Å². The molecule has 178 valence electrons. The molecule has 0 saturated carbocycles. The van der Waals surface area contributed by atoms with Crippen LogP contribution in [0, 0.1) is 0 Å². The van der Waals surface area contributed by atoms with Gasteiger partial charge < -0.3 is 20.0 Å². The fraction of sp³-hybridized carbons (Fsp3) is 0.320. The highest BCUT2D eigenvalue weighted by Gasteiger charge is 2.23. The van der Waals surface area contributed by atoms with E-state index < -0.39 is 0 Å². The van der Waals surface area contributed by atoms with Crippen LogP contribution < -0.4 is 10.9 Å². The van der Waals surface area contributed by atoms with Gasteiger partial charge in [-0.2, -0.15) is 5.10 Å². The summed E-state index contributed by atoms with van der Waals surface area (Å²) >= 11 is 0. The second kappa shape index (κ2) is 8.62. The lowest BCUT2D eigenvalue weighted by atomic mass is 9.91. The number of benzene rings is 1. The van der Waals surface area contributed by atoms with Crippen LogP contribution in [0.3, 0.4) is 0 Å². The number of aromatic nitrogens is 7. The van der Waals surface area contributed by atoms with Gasteiger partial charge in [-0.3, -0.25) is 9.48 Å². The Balaban J connectivity index is 1.47. The molecule has 4 aromatic heterocycles. The predicted molar refractivity (Wildman–Crippen MR) is 133 cm³/mol. The summed E-state index contributed by atoms with van der Waals surface area (Å²) in [5.74, 6) is 1.58. The molecule has 0 bridgehead atoms. The predicted octanol–water partition coefficient (Wildman–Crippen LogP) is 3.66. The van der Waals surface area contributed by atoms with Gasteiger partial charge in [0.25, 0.3) is 5.56 Å². The molecule has 35 heavy (non-hydrogen) atoms. The number of hydrogen-bond donors (Lipinski definition) is 3. The van der Waals surface area contributed by atoms with Gasteiger partial charge in [0.15, 0.2) is 0 Å². The van der Waals surface area contributed by atoms with E-state index in [4.69, 9.17) is 9.72 Å². The van der Waals surface area contributed by atoms with Crippen molar-refractivity contribution in [3.8, 4) is 11.4 Å². The van der Waals surface area contributed by atoms with Gasteiger partial charge in [0.1, 0.15) is 22.7 Å². The molecular formula is C25H26N8O2. The number of anilines is 1. The summed E-state index contributed by atoms with van der Waals surface area (Å²) in [5.41, 5.74) is 5.00. The number of imidazole rings is 1. The highest BCUT2D eigenvalue weighted by Crippen LogP contribution is 2.33. The lowest BCUT2D eigenvalue weighted by Crippen LogP contribution is -2.17. The monoisotopic (exact) mass is 470 g/mol. The number of aromatic amines is 2. The average molecular weight is 471 g/mol. The van der Waals surface area contributed by atoms with E-state index in [0.29, 0.717) is 39.9 Å². The molecule has 0 amide bonds. The molecule has 1 aromatic carbocycles. The molecule has 1 saturated heterocycles. The van der Waals surface area contributed by atoms with Crippen molar-refractivity contribution in [2.75, 3.05) is 18.5 Å². The molecule has 5 aromatic rings. The largest absolute Gasteiger partial charge is 0.381 e. The van der Waals surface area contributed by atoms with Gasteiger partial charge in [0, 0.05) is 38.9 Å². The first-order valence-electron chi connectivity index (χ1n) is 11.8. The van der Waals surface area contributed by atoms with Crippen LogP contribution in [-0.4, -0.2) is 47.9 Å². The van der Waals surface area contributed by atoms with Crippen LogP contribution in [0.15, 0.2) is 47.7 Å². The normalized spacial score (nSPS) is 15.6. The minimum atomic E-state index is -0.258. The molecule has 1 fully saturated rings. The average Bonchev–Trinajstić information content (AvgIpc) is 3.47. The van der Waals surface area contributed by atoms with Crippen molar-refractivity contribution in [2.45, 2.75) is 31.7 Å². The van der Waals surface area contributed by atoms with Crippen LogP contribution in [0.2, 0.25) is 0 Å². The maximum atomic E-state index is 13.3. The number of ether oxygens (including phenoxy) is 1. The first-order chi connectivity index (χ1) is 17.1. The number of nitrogens with zero attached hydrogens (tertiary/aromatic N) is 5. The zero-order valence-corrected chi connectivity index (χ0v) is 19.6. The van der Waals surface area contributed by atoms with Crippen molar-refractivity contribution >= 4 is 27.8 Å². The fourth-order valence-electron chi connectivity index (χ4n) is 4.79. The van der Waals surface area contributed by atoms with Crippen molar-refractivity contribution in [3.05, 3.63) is 64.6 Å². The molecule has 0 aliphatic carbocycles. The maximum Gasteiger partial charge on any atom is 0.261 e. The van der Waals surface area contributed by atoms with Crippen molar-refractivity contribution in [1.82, 2.24) is 34.7 Å². The molecule has 0 radical (unpaired) electrons. The standard InChI is InChI=1S/C25H26N8O2/c1-14(23-26-8-3-9-27-23)28-22-20(25(34)31-19-13-33(2)32-21(19)22)24-29-17-5-4-16(12-18(17)30-24)15-6-10-35-11-7-15/h3-5,8-9,12-15,28H,6-7,10-11H2,1-2H3,(H,29,30)(H,31,34). The quantitative estimate of drug-likeness (QED) is 0.358. The lowest BCUT2D eigenvalue weighted by Gasteiger charge is -2.22. The van der Waals surface area contributed by atoms with Gasteiger partial charge >= 0.3 is 0 Å². The van der Waals surface area contributed by atoms with Crippen LogP contribution in [0.4, 0.5) is 5.69 Å². The minimum Gasteiger partial charge on any atom is -0.381 e. The van der Waals surface area contributed by atoms with E-state index in [1.165, 1.54) is 5.56 Å². The number of H-pyrrole nitrogens is 2. The topological polar surface area (TPSA) is 126 Å². The number of hydrogen-bond acceptors (Lipinski definition) is 7. The Labute approximate surface area is 200 Å². The highest BCUT2D eigenvalue weighted by atomic mass is 16.5. The fourth-order valence-corrected chi connectivity index (χ4v) is 4.79. The molecule has 1 unspecified atom stereocenters. The van der Waals surface area contributed by atoms with E-state index >= 15 is 0 Å². The molecule has 1 aliphatic heterocycles. The summed E-state index contributed by atoms with van der Waals surface area (Å²) in [6.07, 6.45) is 7.20. The summed E-state index contributed by atoms with van der Waals surface area (Å²) in [4.78, 5) is 33.2. The number of aryl methyl sites for hydroxylation is 1. The zero-order valence-electron chi connectivity index (χ0n) is 19.6. The molecule has 3 N–H and O–H groups in total. The second-order valence-electron chi connectivity index (χ2n) is 8.99. The van der Waals surface area contributed by atoms with Gasteiger partial charge in [-0.1, -0.05) is 6.07 Å². The highest BCUT2D eigenvalue weighted by molar-refractivity contribution is 5.96. The summed E-state index contributed by atoms with van der Waals surface area (Å²) in [6.45, 7) is 3.53. The van der Waals surface area contributed by atoms with Gasteiger partial charge in [-0.15, -0.1) is 0 Å². The van der Waals surface area contributed by atoms with Crippen molar-refractivity contribution in [3.63, 3.8) is 0 Å². The zero-order chi connectivity index (χ0) is 23.9. The van der Waals surface area contributed by atoms with E-state index in [0.717, 1.165) is 37.1 Å². The number of fused-ring (bicyclic) bond motifs is 2. The van der Waals surface area contributed by atoms with Crippen molar-refractivity contribution in [2.24, 2.45) is 7.05 Å². The van der Waals surface area contributed by atoms with Crippen LogP contribution in [0.1, 0.15) is 43.1 Å². The Kier molecular flexibility index (Phi) is 5.29. The molecule has 6 rings (SSSR count). The summed E-state index contributed by atoms with van der Waals surface area (Å²) < 4.78 is 7.19. The number of rotatable bonds is 5. The van der Waals surface area contributed by atoms with Gasteiger partial charge in [0.05, 0.1) is 28.3 Å². The van der Waals surface area contributed by atoms with Crippen LogP contribution >= 0.6 is 0 Å². The number of pyridine rings is 1. The van der Waals surface area contributed by atoms with Gasteiger partial charge in [-0.25, -0.2) is 15.0 Å². The Hall–Kier alpha value is -4.05. The Morgan fingerprint density at radius 2 is 1.94 bits per heavy atom. The maximum absolute atomic E-state index is 13.3.